The molecule has 0 aromatic carbocycles. The van der Waals surface area contributed by atoms with Crippen LogP contribution in [0.5, 0.6) is 0 Å². The van der Waals surface area contributed by atoms with E-state index >= 15 is 0 Å². The molecule has 2 nitrogen and oxygen atoms in total. The maximum absolute atomic E-state index is 4.25. The monoisotopic (exact) mass is 123 g/mol. The topological polar surface area (TPSA) is 15.4 Å². The van der Waals surface area contributed by atoms with Crippen molar-refractivity contribution in [1.82, 2.24) is 0 Å². The van der Waals surface area contributed by atoms with Crippen LogP contribution in [0.2, 0.25) is 0 Å². The molecule has 1 unspecified atom stereocenters. The molecule has 2 aliphatic rings. The van der Waals surface area contributed by atoms with Crippen molar-refractivity contribution in [2.24, 2.45) is 5.11 Å². The number of hydrogen-bond donors (Lipinski definition) is 0. The Hall–Kier alpha value is -0.660. The number of rotatable bonds is 0. The van der Waals surface area contributed by atoms with Gasteiger partial charge in [0.2, 0.25) is 6.04 Å². The van der Waals surface area contributed by atoms with Crippen LogP contribution in [-0.2, 0) is 0 Å². The highest BCUT2D eigenvalue weighted by atomic mass is 15.3. The van der Waals surface area contributed by atoms with Crippen molar-refractivity contribution < 1.29 is 4.70 Å². The van der Waals surface area contributed by atoms with E-state index in [0.717, 1.165) is 0 Å². The normalized spacial score (nSPS) is 31.9. The zero-order valence-corrected chi connectivity index (χ0v) is 5.67. The summed E-state index contributed by atoms with van der Waals surface area (Å²) in [5.41, 5.74) is 1.44. The van der Waals surface area contributed by atoms with Crippen LogP contribution in [0.15, 0.2) is 16.9 Å². The van der Waals surface area contributed by atoms with Gasteiger partial charge < -0.3 is 0 Å². The SMILES string of the molecule is CC1=CN=[N+]2CCCC12. The van der Waals surface area contributed by atoms with Crippen LogP contribution in [-0.4, -0.2) is 17.3 Å². The van der Waals surface area contributed by atoms with Crippen LogP contribution < -0.4 is 0 Å². The van der Waals surface area contributed by atoms with Crippen molar-refractivity contribution in [3.63, 3.8) is 0 Å². The van der Waals surface area contributed by atoms with Gasteiger partial charge in [-0.2, -0.15) is 0 Å². The summed E-state index contributed by atoms with van der Waals surface area (Å²) in [6.45, 7) is 3.33. The van der Waals surface area contributed by atoms with Gasteiger partial charge in [0, 0.05) is 18.4 Å². The molecule has 0 aliphatic carbocycles. The van der Waals surface area contributed by atoms with Crippen molar-refractivity contribution in [3.8, 4) is 0 Å². The molecule has 2 heterocycles. The second-order valence-electron chi connectivity index (χ2n) is 2.81. The number of azo groups is 2. The average Bonchev–Trinajstić information content (AvgIpc) is 2.35. The van der Waals surface area contributed by atoms with Gasteiger partial charge >= 0.3 is 0 Å². The molecule has 1 fully saturated rings. The molecule has 48 valence electrons. The zero-order chi connectivity index (χ0) is 6.27. The molecule has 0 amide bonds. The Bertz CT molecular complexity index is 191. The van der Waals surface area contributed by atoms with Crippen molar-refractivity contribution in [2.45, 2.75) is 25.8 Å². The third-order valence-electron chi connectivity index (χ3n) is 2.16. The molecular formula is C7H11N2+. The lowest BCUT2D eigenvalue weighted by molar-refractivity contribution is -0.590. The summed E-state index contributed by atoms with van der Waals surface area (Å²) >= 11 is 0. The third-order valence-corrected chi connectivity index (χ3v) is 2.16. The summed E-state index contributed by atoms with van der Waals surface area (Å²) in [5.74, 6) is 0. The first-order chi connectivity index (χ1) is 4.38. The highest BCUT2D eigenvalue weighted by Gasteiger charge is 2.34. The molecule has 1 saturated heterocycles. The van der Waals surface area contributed by atoms with E-state index in [2.05, 4.69) is 16.7 Å². The maximum atomic E-state index is 4.25. The van der Waals surface area contributed by atoms with Crippen molar-refractivity contribution >= 4 is 0 Å². The maximum Gasteiger partial charge on any atom is 0.201 e. The minimum atomic E-state index is 0.671. The lowest BCUT2D eigenvalue weighted by Gasteiger charge is -1.95. The van der Waals surface area contributed by atoms with Gasteiger partial charge in [-0.1, -0.05) is 0 Å². The molecule has 0 bridgehead atoms. The van der Waals surface area contributed by atoms with Gasteiger partial charge in [0.05, 0.1) is 6.20 Å². The predicted molar refractivity (Wildman–Crippen MR) is 34.3 cm³/mol. The first-order valence-electron chi connectivity index (χ1n) is 3.52. The minimum Gasteiger partial charge on any atom is -0.116 e. The lowest BCUT2D eigenvalue weighted by Crippen LogP contribution is -2.13. The van der Waals surface area contributed by atoms with E-state index in [0.29, 0.717) is 6.04 Å². The Morgan fingerprint density at radius 2 is 2.67 bits per heavy atom. The molecule has 0 spiro atoms. The van der Waals surface area contributed by atoms with Crippen LogP contribution >= 0.6 is 0 Å². The number of nitrogens with zero attached hydrogens (tertiary/aromatic N) is 2. The van der Waals surface area contributed by atoms with Crippen LogP contribution in [0, 0.1) is 0 Å². The van der Waals surface area contributed by atoms with Gasteiger partial charge in [0.15, 0.2) is 6.54 Å². The van der Waals surface area contributed by atoms with Crippen LogP contribution in [0.1, 0.15) is 19.8 Å². The molecule has 0 aromatic rings. The van der Waals surface area contributed by atoms with Crippen LogP contribution in [0.25, 0.3) is 0 Å². The summed E-state index contributed by atoms with van der Waals surface area (Å²) in [6, 6.07) is 0.671. The third kappa shape index (κ3) is 0.622. The van der Waals surface area contributed by atoms with Crippen molar-refractivity contribution in [3.05, 3.63) is 11.8 Å². The van der Waals surface area contributed by atoms with E-state index in [9.17, 15) is 0 Å². The van der Waals surface area contributed by atoms with E-state index in [1.807, 2.05) is 6.20 Å². The number of fused-ring (bicyclic) bond motifs is 1. The number of hydrogen-bond acceptors (Lipinski definition) is 1. The molecule has 2 heteroatoms. The smallest absolute Gasteiger partial charge is 0.116 e. The molecule has 0 saturated carbocycles. The highest BCUT2D eigenvalue weighted by Crippen LogP contribution is 2.24. The van der Waals surface area contributed by atoms with E-state index < -0.39 is 0 Å². The van der Waals surface area contributed by atoms with E-state index in [1.54, 1.807) is 0 Å². The van der Waals surface area contributed by atoms with Crippen molar-refractivity contribution in [2.75, 3.05) is 6.54 Å². The van der Waals surface area contributed by atoms with E-state index in [1.165, 1.54) is 25.0 Å². The van der Waals surface area contributed by atoms with E-state index in [-0.39, 0.29) is 0 Å². The zero-order valence-electron chi connectivity index (χ0n) is 5.67. The highest BCUT2D eigenvalue weighted by molar-refractivity contribution is 5.06. The Kier molecular flexibility index (Phi) is 0.949. The van der Waals surface area contributed by atoms with Gasteiger partial charge in [0.25, 0.3) is 0 Å². The summed E-state index contributed by atoms with van der Waals surface area (Å²) in [6.07, 6.45) is 4.62. The van der Waals surface area contributed by atoms with Gasteiger partial charge in [-0.15, -0.1) is 4.70 Å². The van der Waals surface area contributed by atoms with Crippen LogP contribution in [0.3, 0.4) is 0 Å². The molecule has 2 aliphatic heterocycles. The van der Waals surface area contributed by atoms with Gasteiger partial charge in [-0.05, 0) is 12.0 Å². The van der Waals surface area contributed by atoms with Crippen molar-refractivity contribution in [1.29, 1.82) is 0 Å². The minimum absolute atomic E-state index is 0.671. The summed E-state index contributed by atoms with van der Waals surface area (Å²) in [5, 5.41) is 4.25. The second kappa shape index (κ2) is 1.66. The quantitative estimate of drug-likeness (QED) is 0.434. The molecule has 0 radical (unpaired) electrons. The fourth-order valence-corrected chi connectivity index (χ4v) is 1.60. The fraction of sp³-hybridized carbons (Fsp3) is 0.714. The molecule has 1 atom stereocenters. The second-order valence-corrected chi connectivity index (χ2v) is 2.81. The lowest BCUT2D eigenvalue weighted by atomic mass is 10.1. The summed E-state index contributed by atoms with van der Waals surface area (Å²) in [7, 11) is 0. The average molecular weight is 123 g/mol. The predicted octanol–water partition coefficient (Wildman–Crippen LogP) is 1.53. The van der Waals surface area contributed by atoms with Crippen LogP contribution in [0.4, 0.5) is 0 Å². The fourth-order valence-electron chi connectivity index (χ4n) is 1.60. The molecule has 0 N–H and O–H groups in total. The molecular weight excluding hydrogens is 112 g/mol. The van der Waals surface area contributed by atoms with Gasteiger partial charge in [-0.25, -0.2) is 0 Å². The van der Waals surface area contributed by atoms with Gasteiger partial charge in [-0.3, -0.25) is 0 Å². The standard InChI is InChI=1S/C7H11N2/c1-6-5-8-9-4-2-3-7(6)9/h5,7H,2-4H2,1H3/q+1. The summed E-state index contributed by atoms with van der Waals surface area (Å²) < 4.78 is 2.19. The Balaban J connectivity index is 2.28. The first kappa shape index (κ1) is 5.15. The summed E-state index contributed by atoms with van der Waals surface area (Å²) in [4.78, 5) is 0. The van der Waals surface area contributed by atoms with Gasteiger partial charge in [0.1, 0.15) is 0 Å². The molecule has 2 rings (SSSR count). The molecule has 0 aromatic heterocycles. The Labute approximate surface area is 54.9 Å². The first-order valence-corrected chi connectivity index (χ1v) is 3.52. The van der Waals surface area contributed by atoms with E-state index in [4.69, 9.17) is 0 Å². The molecule has 9 heavy (non-hydrogen) atoms. The largest absolute Gasteiger partial charge is 0.201 e. The Morgan fingerprint density at radius 3 is 3.44 bits per heavy atom. The Morgan fingerprint density at radius 1 is 1.78 bits per heavy atom.